The van der Waals surface area contributed by atoms with E-state index in [1.165, 1.54) is 0 Å². The maximum absolute atomic E-state index is 5.74. The molecule has 0 aromatic heterocycles. The van der Waals surface area contributed by atoms with E-state index >= 15 is 0 Å². The van der Waals surface area contributed by atoms with Gasteiger partial charge in [0.1, 0.15) is 12.7 Å². The van der Waals surface area contributed by atoms with Crippen molar-refractivity contribution in [3.05, 3.63) is 34.9 Å². The molecule has 0 radical (unpaired) electrons. The highest BCUT2D eigenvalue weighted by Gasteiger charge is 2.19. The molecule has 0 N–H and O–H groups in total. The van der Waals surface area contributed by atoms with E-state index in [0.717, 1.165) is 17.2 Å². The van der Waals surface area contributed by atoms with Gasteiger partial charge in [0.15, 0.2) is 0 Å². The fourth-order valence-electron chi connectivity index (χ4n) is 0.945. The molecule has 1 aromatic rings. The van der Waals surface area contributed by atoms with Gasteiger partial charge in [0.2, 0.25) is 0 Å². The fourth-order valence-corrected chi connectivity index (χ4v) is 1.07. The second-order valence-corrected chi connectivity index (χ2v) is 3.46. The van der Waals surface area contributed by atoms with Crippen LogP contribution in [0.3, 0.4) is 0 Å². The van der Waals surface area contributed by atoms with Crippen LogP contribution >= 0.6 is 11.6 Å². The van der Waals surface area contributed by atoms with Crippen LogP contribution in [0.25, 0.3) is 0 Å². The van der Waals surface area contributed by atoms with Gasteiger partial charge >= 0.3 is 0 Å². The van der Waals surface area contributed by atoms with Crippen molar-refractivity contribution < 1.29 is 9.57 Å². The highest BCUT2D eigenvalue weighted by molar-refractivity contribution is 6.30. The van der Waals surface area contributed by atoms with Crippen molar-refractivity contribution in [2.75, 3.05) is 6.61 Å². The summed E-state index contributed by atoms with van der Waals surface area (Å²) < 4.78 is 4.93. The van der Waals surface area contributed by atoms with E-state index in [-0.39, 0.29) is 6.10 Å². The van der Waals surface area contributed by atoms with Gasteiger partial charge in [-0.05, 0) is 17.7 Å². The van der Waals surface area contributed by atoms with E-state index in [1.54, 1.807) is 6.21 Å². The Bertz CT molecular complexity index is 319. The third kappa shape index (κ3) is 3.01. The maximum atomic E-state index is 5.74. The van der Waals surface area contributed by atoms with Crippen LogP contribution in [-0.2, 0) is 16.2 Å². The van der Waals surface area contributed by atoms with Crippen molar-refractivity contribution in [2.45, 2.75) is 12.7 Å². The molecule has 4 heteroatoms. The summed E-state index contributed by atoms with van der Waals surface area (Å²) in [4.78, 5) is 5.06. The Balaban J connectivity index is 1.76. The van der Waals surface area contributed by atoms with Gasteiger partial charge in [0, 0.05) is 5.02 Å². The predicted octanol–water partition coefficient (Wildman–Crippen LogP) is 2.24. The first-order chi connectivity index (χ1) is 6.84. The van der Waals surface area contributed by atoms with Gasteiger partial charge in [0.25, 0.3) is 0 Å². The minimum absolute atomic E-state index is 0.167. The lowest BCUT2D eigenvalue weighted by Crippen LogP contribution is -1.90. The van der Waals surface area contributed by atoms with Gasteiger partial charge in [-0.15, -0.1) is 0 Å². The summed E-state index contributed by atoms with van der Waals surface area (Å²) in [5, 5.41) is 4.49. The summed E-state index contributed by atoms with van der Waals surface area (Å²) >= 11 is 5.74. The Morgan fingerprint density at radius 2 is 2.21 bits per heavy atom. The summed E-state index contributed by atoms with van der Waals surface area (Å²) in [5.41, 5.74) is 1.04. The number of halogens is 1. The van der Waals surface area contributed by atoms with Gasteiger partial charge in [-0.2, -0.15) is 0 Å². The lowest BCUT2D eigenvalue weighted by Gasteiger charge is -1.98. The average Bonchev–Trinajstić information content (AvgIpc) is 2.99. The van der Waals surface area contributed by atoms with Crippen LogP contribution in [0, 0.1) is 0 Å². The smallest absolute Gasteiger partial charge is 0.142 e. The highest BCUT2D eigenvalue weighted by Crippen LogP contribution is 2.10. The van der Waals surface area contributed by atoms with Gasteiger partial charge in [0.05, 0.1) is 12.8 Å². The van der Waals surface area contributed by atoms with Crippen LogP contribution in [0.4, 0.5) is 0 Å². The molecule has 0 spiro atoms. The van der Waals surface area contributed by atoms with Crippen molar-refractivity contribution in [1.82, 2.24) is 0 Å². The summed E-state index contributed by atoms with van der Waals surface area (Å²) in [7, 11) is 0. The van der Waals surface area contributed by atoms with Gasteiger partial charge in [-0.25, -0.2) is 0 Å². The largest absolute Gasteiger partial charge is 0.391 e. The standard InChI is InChI=1S/C10H10ClNO2/c11-9-3-1-8(2-4-9)6-14-12-5-10-7-13-10/h1-5,10H,6-7H2/b12-5+/t10-/m0/s1. The quantitative estimate of drug-likeness (QED) is 0.435. The zero-order valence-corrected chi connectivity index (χ0v) is 8.28. The highest BCUT2D eigenvalue weighted by atomic mass is 35.5. The Hall–Kier alpha value is -1.06. The summed E-state index contributed by atoms with van der Waals surface area (Å²) in [6.07, 6.45) is 1.83. The lowest BCUT2D eigenvalue weighted by molar-refractivity contribution is 0.131. The number of rotatable bonds is 4. The topological polar surface area (TPSA) is 34.1 Å². The first-order valence-electron chi connectivity index (χ1n) is 4.36. The zero-order chi connectivity index (χ0) is 9.80. The van der Waals surface area contributed by atoms with Crippen molar-refractivity contribution >= 4 is 17.8 Å². The number of oxime groups is 1. The van der Waals surface area contributed by atoms with Crippen LogP contribution in [0.15, 0.2) is 29.4 Å². The molecule has 0 bridgehead atoms. The number of epoxide rings is 1. The lowest BCUT2D eigenvalue weighted by atomic mass is 10.2. The molecular weight excluding hydrogens is 202 g/mol. The Morgan fingerprint density at radius 1 is 1.50 bits per heavy atom. The summed E-state index contributed by atoms with van der Waals surface area (Å²) in [5.74, 6) is 0. The average molecular weight is 212 g/mol. The summed E-state index contributed by atoms with van der Waals surface area (Å²) in [6, 6.07) is 7.47. The molecule has 0 saturated carbocycles. The first kappa shape index (κ1) is 9.49. The molecule has 3 nitrogen and oxygen atoms in total. The molecule has 1 aromatic carbocycles. The first-order valence-corrected chi connectivity index (χ1v) is 4.74. The Kier molecular flexibility index (Phi) is 3.01. The van der Waals surface area contributed by atoms with E-state index in [2.05, 4.69) is 5.16 Å². The van der Waals surface area contributed by atoms with Crippen LogP contribution in [0.5, 0.6) is 0 Å². The number of hydrogen-bond acceptors (Lipinski definition) is 3. The molecule has 1 saturated heterocycles. The van der Waals surface area contributed by atoms with Crippen molar-refractivity contribution in [3.8, 4) is 0 Å². The molecule has 2 rings (SSSR count). The van der Waals surface area contributed by atoms with E-state index in [4.69, 9.17) is 21.2 Å². The molecule has 1 heterocycles. The molecular formula is C10H10ClNO2. The summed E-state index contributed by atoms with van der Waals surface area (Å²) in [6.45, 7) is 1.22. The Morgan fingerprint density at radius 3 is 2.86 bits per heavy atom. The molecule has 1 fully saturated rings. The molecule has 0 amide bonds. The molecule has 74 valence electrons. The van der Waals surface area contributed by atoms with E-state index in [1.807, 2.05) is 24.3 Å². The van der Waals surface area contributed by atoms with Crippen LogP contribution < -0.4 is 0 Å². The second kappa shape index (κ2) is 4.44. The van der Waals surface area contributed by atoms with Crippen LogP contribution in [0.1, 0.15) is 5.56 Å². The minimum Gasteiger partial charge on any atom is -0.391 e. The van der Waals surface area contributed by atoms with Crippen LogP contribution in [0.2, 0.25) is 5.02 Å². The molecule has 0 unspecified atom stereocenters. The normalized spacial score (nSPS) is 19.9. The van der Waals surface area contributed by atoms with E-state index in [9.17, 15) is 0 Å². The third-order valence-electron chi connectivity index (χ3n) is 1.81. The van der Waals surface area contributed by atoms with E-state index < -0.39 is 0 Å². The van der Waals surface area contributed by atoms with Gasteiger partial charge in [-0.3, -0.25) is 0 Å². The number of nitrogens with zero attached hydrogens (tertiary/aromatic N) is 1. The predicted molar refractivity (Wildman–Crippen MR) is 54.5 cm³/mol. The van der Waals surface area contributed by atoms with Crippen molar-refractivity contribution in [3.63, 3.8) is 0 Å². The molecule has 1 aliphatic rings. The minimum atomic E-state index is 0.167. The SMILES string of the molecule is Clc1ccc(CO/N=C/[C@H]2CO2)cc1. The van der Waals surface area contributed by atoms with Gasteiger partial charge < -0.3 is 9.57 Å². The molecule has 1 aliphatic heterocycles. The molecule has 0 aliphatic carbocycles. The monoisotopic (exact) mass is 211 g/mol. The number of hydrogen-bond donors (Lipinski definition) is 0. The Labute approximate surface area is 87.3 Å². The van der Waals surface area contributed by atoms with E-state index in [0.29, 0.717) is 6.61 Å². The number of benzene rings is 1. The van der Waals surface area contributed by atoms with Crippen molar-refractivity contribution in [1.29, 1.82) is 0 Å². The van der Waals surface area contributed by atoms with Crippen molar-refractivity contribution in [2.24, 2.45) is 5.16 Å². The second-order valence-electron chi connectivity index (χ2n) is 3.03. The van der Waals surface area contributed by atoms with Crippen LogP contribution in [-0.4, -0.2) is 18.9 Å². The zero-order valence-electron chi connectivity index (χ0n) is 7.52. The fraction of sp³-hybridized carbons (Fsp3) is 0.300. The maximum Gasteiger partial charge on any atom is 0.142 e. The molecule has 14 heavy (non-hydrogen) atoms. The third-order valence-corrected chi connectivity index (χ3v) is 2.06. The van der Waals surface area contributed by atoms with Gasteiger partial charge in [-0.1, -0.05) is 28.9 Å². The molecule has 1 atom stereocenters. The number of ether oxygens (including phenoxy) is 1.